The van der Waals surface area contributed by atoms with Crippen LogP contribution in [0.3, 0.4) is 0 Å². The second-order valence-corrected chi connectivity index (χ2v) is 6.64. The summed E-state index contributed by atoms with van der Waals surface area (Å²) in [4.78, 5) is 0. The van der Waals surface area contributed by atoms with Gasteiger partial charge < -0.3 is 9.47 Å². The first-order valence-electron chi connectivity index (χ1n) is 5.56. The molecule has 0 amide bonds. The van der Waals surface area contributed by atoms with Crippen molar-refractivity contribution in [1.29, 1.82) is 0 Å². The molecular formula is C13H19NO3S. The number of hydrogen-bond donors (Lipinski definition) is 0. The van der Waals surface area contributed by atoms with Gasteiger partial charge in [-0.05, 0) is 39.0 Å². The molecule has 0 N–H and O–H groups in total. The van der Waals surface area contributed by atoms with Gasteiger partial charge in [0.1, 0.15) is 22.5 Å². The lowest BCUT2D eigenvalue weighted by Crippen LogP contribution is -2.19. The van der Waals surface area contributed by atoms with Crippen molar-refractivity contribution in [3.8, 4) is 11.5 Å². The molecule has 0 aliphatic heterocycles. The minimum atomic E-state index is -1.28. The van der Waals surface area contributed by atoms with Crippen molar-refractivity contribution in [2.24, 2.45) is 4.40 Å². The lowest BCUT2D eigenvalue weighted by Gasteiger charge is -2.13. The Kier molecular flexibility index (Phi) is 4.90. The van der Waals surface area contributed by atoms with Gasteiger partial charge in [0.25, 0.3) is 0 Å². The van der Waals surface area contributed by atoms with E-state index in [1.807, 2.05) is 20.8 Å². The molecule has 0 aromatic heterocycles. The van der Waals surface area contributed by atoms with Crippen LogP contribution in [0.5, 0.6) is 11.5 Å². The zero-order valence-electron chi connectivity index (χ0n) is 11.4. The molecule has 100 valence electrons. The average Bonchev–Trinajstić information content (AvgIpc) is 2.34. The van der Waals surface area contributed by atoms with E-state index in [4.69, 9.17) is 9.47 Å². The van der Waals surface area contributed by atoms with Crippen LogP contribution in [-0.2, 0) is 11.0 Å². The van der Waals surface area contributed by atoms with Crippen molar-refractivity contribution >= 4 is 17.2 Å². The molecule has 0 fully saturated rings. The summed E-state index contributed by atoms with van der Waals surface area (Å²) >= 11 is 0. The van der Waals surface area contributed by atoms with E-state index in [9.17, 15) is 4.21 Å². The third kappa shape index (κ3) is 3.84. The van der Waals surface area contributed by atoms with Crippen molar-refractivity contribution in [1.82, 2.24) is 0 Å². The van der Waals surface area contributed by atoms with Crippen molar-refractivity contribution in [3.63, 3.8) is 0 Å². The minimum absolute atomic E-state index is 0.372. The standard InChI is InChI=1S/C13H19NO3S/c1-13(2,3)18(15)14-9-10-8-11(16-4)6-7-12(10)17-5/h6-9H,1-5H3/b14-9+. The fourth-order valence-corrected chi connectivity index (χ4v) is 1.73. The van der Waals surface area contributed by atoms with Gasteiger partial charge in [0.05, 0.1) is 19.0 Å². The molecule has 0 heterocycles. The van der Waals surface area contributed by atoms with Crippen LogP contribution in [0.2, 0.25) is 0 Å². The second-order valence-electron chi connectivity index (χ2n) is 4.70. The SMILES string of the molecule is COc1ccc(OC)c(/C=N/S(=O)C(C)(C)C)c1. The summed E-state index contributed by atoms with van der Waals surface area (Å²) in [7, 11) is 1.89. The summed E-state index contributed by atoms with van der Waals surface area (Å²) < 4.78 is 25.9. The van der Waals surface area contributed by atoms with Crippen LogP contribution in [0, 0.1) is 0 Å². The van der Waals surface area contributed by atoms with Crippen LogP contribution >= 0.6 is 0 Å². The maximum Gasteiger partial charge on any atom is 0.144 e. The molecule has 0 aliphatic carbocycles. The van der Waals surface area contributed by atoms with Gasteiger partial charge in [0.2, 0.25) is 0 Å². The van der Waals surface area contributed by atoms with E-state index in [0.717, 1.165) is 5.56 Å². The van der Waals surface area contributed by atoms with Gasteiger partial charge in [-0.3, -0.25) is 0 Å². The van der Waals surface area contributed by atoms with Crippen molar-refractivity contribution in [2.75, 3.05) is 14.2 Å². The zero-order chi connectivity index (χ0) is 13.8. The Balaban J connectivity index is 3.02. The molecule has 4 nitrogen and oxygen atoms in total. The highest BCUT2D eigenvalue weighted by Crippen LogP contribution is 2.23. The first-order chi connectivity index (χ1) is 8.38. The number of benzene rings is 1. The Morgan fingerprint density at radius 1 is 1.22 bits per heavy atom. The van der Waals surface area contributed by atoms with Gasteiger partial charge in [0, 0.05) is 11.8 Å². The summed E-state index contributed by atoms with van der Waals surface area (Å²) in [6.45, 7) is 5.63. The third-order valence-electron chi connectivity index (χ3n) is 2.25. The molecule has 5 heteroatoms. The Hall–Kier alpha value is -1.36. The summed E-state index contributed by atoms with van der Waals surface area (Å²) in [6, 6.07) is 5.39. The molecule has 0 aliphatic rings. The molecule has 18 heavy (non-hydrogen) atoms. The summed E-state index contributed by atoms with van der Waals surface area (Å²) in [5.41, 5.74) is 0.745. The van der Waals surface area contributed by atoms with Gasteiger partial charge >= 0.3 is 0 Å². The lowest BCUT2D eigenvalue weighted by atomic mass is 10.2. The second kappa shape index (κ2) is 6.00. The smallest absolute Gasteiger partial charge is 0.144 e. The van der Waals surface area contributed by atoms with Crippen LogP contribution in [-0.4, -0.2) is 29.4 Å². The minimum Gasteiger partial charge on any atom is -0.497 e. The molecule has 0 radical (unpaired) electrons. The van der Waals surface area contributed by atoms with E-state index < -0.39 is 11.0 Å². The van der Waals surface area contributed by atoms with E-state index in [0.29, 0.717) is 11.5 Å². The van der Waals surface area contributed by atoms with Gasteiger partial charge in [-0.2, -0.15) is 4.40 Å². The quantitative estimate of drug-likeness (QED) is 0.789. The number of methoxy groups -OCH3 is 2. The lowest BCUT2D eigenvalue weighted by molar-refractivity contribution is 0.402. The highest BCUT2D eigenvalue weighted by Gasteiger charge is 2.18. The van der Waals surface area contributed by atoms with E-state index in [1.165, 1.54) is 0 Å². The fourth-order valence-electron chi connectivity index (χ4n) is 1.20. The molecule has 0 bridgehead atoms. The monoisotopic (exact) mass is 269 g/mol. The van der Waals surface area contributed by atoms with Crippen LogP contribution in [0.25, 0.3) is 0 Å². The fraction of sp³-hybridized carbons (Fsp3) is 0.462. The predicted octanol–water partition coefficient (Wildman–Crippen LogP) is 2.58. The Bertz CT molecular complexity index is 464. The molecule has 0 saturated carbocycles. The summed E-state index contributed by atoms with van der Waals surface area (Å²) in [5.74, 6) is 1.38. The van der Waals surface area contributed by atoms with Crippen molar-refractivity contribution in [3.05, 3.63) is 23.8 Å². The van der Waals surface area contributed by atoms with Gasteiger partial charge in [-0.25, -0.2) is 4.21 Å². The first-order valence-corrected chi connectivity index (χ1v) is 6.67. The van der Waals surface area contributed by atoms with Gasteiger partial charge in [-0.15, -0.1) is 0 Å². The van der Waals surface area contributed by atoms with Crippen LogP contribution in [0.4, 0.5) is 0 Å². The Morgan fingerprint density at radius 2 is 1.89 bits per heavy atom. The molecule has 1 unspecified atom stereocenters. The molecule has 1 aromatic rings. The first kappa shape index (κ1) is 14.7. The van der Waals surface area contributed by atoms with E-state index in [2.05, 4.69) is 4.40 Å². The molecule has 0 saturated heterocycles. The van der Waals surface area contributed by atoms with E-state index in [1.54, 1.807) is 38.6 Å². The van der Waals surface area contributed by atoms with E-state index in [-0.39, 0.29) is 4.75 Å². The van der Waals surface area contributed by atoms with Crippen LogP contribution < -0.4 is 9.47 Å². The summed E-state index contributed by atoms with van der Waals surface area (Å²) in [6.07, 6.45) is 1.56. The van der Waals surface area contributed by atoms with Gasteiger partial charge in [0.15, 0.2) is 0 Å². The third-order valence-corrected chi connectivity index (χ3v) is 3.59. The molecule has 0 spiro atoms. The van der Waals surface area contributed by atoms with E-state index >= 15 is 0 Å². The zero-order valence-corrected chi connectivity index (χ0v) is 12.2. The Morgan fingerprint density at radius 3 is 2.39 bits per heavy atom. The molecule has 1 rings (SSSR count). The summed E-state index contributed by atoms with van der Waals surface area (Å²) in [5, 5.41) is 0. The van der Waals surface area contributed by atoms with Crippen LogP contribution in [0.1, 0.15) is 26.3 Å². The highest BCUT2D eigenvalue weighted by atomic mass is 32.2. The number of hydrogen-bond acceptors (Lipinski definition) is 3. The van der Waals surface area contributed by atoms with Gasteiger partial charge in [-0.1, -0.05) is 0 Å². The molecule has 1 aromatic carbocycles. The van der Waals surface area contributed by atoms with Crippen molar-refractivity contribution in [2.45, 2.75) is 25.5 Å². The molecular weight excluding hydrogens is 250 g/mol. The number of ether oxygens (including phenoxy) is 2. The average molecular weight is 269 g/mol. The predicted molar refractivity (Wildman–Crippen MR) is 75.0 cm³/mol. The topological polar surface area (TPSA) is 47.9 Å². The maximum absolute atomic E-state index is 11.8. The highest BCUT2D eigenvalue weighted by molar-refractivity contribution is 7.85. The van der Waals surface area contributed by atoms with Crippen molar-refractivity contribution < 1.29 is 13.7 Å². The molecule has 1 atom stereocenters. The normalized spacial score (nSPS) is 13.6. The number of rotatable bonds is 4. The van der Waals surface area contributed by atoms with Crippen LogP contribution in [0.15, 0.2) is 22.6 Å². The maximum atomic E-state index is 11.8. The Labute approximate surface area is 111 Å². The number of nitrogens with zero attached hydrogens (tertiary/aromatic N) is 1. The largest absolute Gasteiger partial charge is 0.497 e.